The van der Waals surface area contributed by atoms with Crippen LogP contribution in [0, 0.1) is 5.92 Å². The largest absolute Gasteiger partial charge is 0.299 e. The summed E-state index contributed by atoms with van der Waals surface area (Å²) in [5, 5.41) is 0.793. The lowest BCUT2D eigenvalue weighted by molar-refractivity contribution is 0.0961. The number of hydrogen-bond acceptors (Lipinski definition) is 3. The fourth-order valence-electron chi connectivity index (χ4n) is 5.74. The van der Waals surface area contributed by atoms with Crippen LogP contribution in [0.25, 0.3) is 0 Å². The lowest BCUT2D eigenvalue weighted by atomic mass is 9.89. The van der Waals surface area contributed by atoms with Gasteiger partial charge in [-0.2, -0.15) is 0 Å². The maximum Gasteiger partial charge on any atom is 0.162 e. The summed E-state index contributed by atoms with van der Waals surface area (Å²) in [6.45, 7) is 6.20. The first kappa shape index (κ1) is 30.7. The molecule has 0 unspecified atom stereocenters. The predicted molar refractivity (Wildman–Crippen MR) is 163 cm³/mol. The Morgan fingerprint density at radius 3 is 2.21 bits per heavy atom. The van der Waals surface area contributed by atoms with Crippen LogP contribution in [0.15, 0.2) is 72.8 Å². The van der Waals surface area contributed by atoms with Gasteiger partial charge in [-0.1, -0.05) is 66.2 Å². The second-order valence-corrected chi connectivity index (χ2v) is 11.0. The summed E-state index contributed by atoms with van der Waals surface area (Å²) in [6.07, 6.45) is 6.30. The zero-order chi connectivity index (χ0) is 24.7. The smallest absolute Gasteiger partial charge is 0.162 e. The molecule has 0 atom stereocenters. The van der Waals surface area contributed by atoms with Crippen molar-refractivity contribution in [2.45, 2.75) is 58.2 Å². The van der Waals surface area contributed by atoms with Crippen LogP contribution in [-0.2, 0) is 26.1 Å². The van der Waals surface area contributed by atoms with E-state index in [0.717, 1.165) is 62.7 Å². The highest BCUT2D eigenvalue weighted by atomic mass is 35.5. The molecule has 1 saturated heterocycles. The number of likely N-dealkylation sites (tertiary alicyclic amines) is 1. The maximum absolute atomic E-state index is 13.1. The first-order valence-corrected chi connectivity index (χ1v) is 13.9. The van der Waals surface area contributed by atoms with E-state index in [1.807, 2.05) is 12.1 Å². The number of rotatable bonds is 8. The van der Waals surface area contributed by atoms with Gasteiger partial charge in [0.15, 0.2) is 5.78 Å². The van der Waals surface area contributed by atoms with Gasteiger partial charge in [0.1, 0.15) is 0 Å². The number of piperidine rings is 1. The monoisotopic (exact) mass is 572 g/mol. The molecule has 0 N–H and O–H groups in total. The highest BCUT2D eigenvalue weighted by Crippen LogP contribution is 2.26. The van der Waals surface area contributed by atoms with Crippen LogP contribution in [0.1, 0.15) is 64.7 Å². The fourth-order valence-corrected chi connectivity index (χ4v) is 5.87. The Balaban J connectivity index is 0.00000200. The van der Waals surface area contributed by atoms with Gasteiger partial charge in [0.05, 0.1) is 0 Å². The van der Waals surface area contributed by atoms with Crippen LogP contribution in [0.5, 0.6) is 0 Å². The maximum atomic E-state index is 13.1. The quantitative estimate of drug-likeness (QED) is 0.255. The van der Waals surface area contributed by atoms with Gasteiger partial charge in [0.2, 0.25) is 0 Å². The molecule has 6 heteroatoms. The molecule has 1 fully saturated rings. The van der Waals surface area contributed by atoms with Crippen molar-refractivity contribution in [2.75, 3.05) is 19.6 Å². The van der Waals surface area contributed by atoms with Crippen LogP contribution in [0.2, 0.25) is 5.02 Å². The van der Waals surface area contributed by atoms with Crippen LogP contribution in [0.4, 0.5) is 0 Å². The van der Waals surface area contributed by atoms with Crippen LogP contribution in [0.3, 0.4) is 0 Å². The molecule has 0 aromatic heterocycles. The second kappa shape index (κ2) is 15.1. The number of fused-ring (bicyclic) bond motifs is 1. The van der Waals surface area contributed by atoms with E-state index in [1.165, 1.54) is 41.5 Å². The van der Waals surface area contributed by atoms with Gasteiger partial charge in [-0.15, -0.1) is 24.8 Å². The van der Waals surface area contributed by atoms with Crippen LogP contribution < -0.4 is 0 Å². The Labute approximate surface area is 245 Å². The van der Waals surface area contributed by atoms with Gasteiger partial charge >= 0.3 is 0 Å². The van der Waals surface area contributed by atoms with Crippen molar-refractivity contribution in [3.05, 3.63) is 106 Å². The molecule has 2 aliphatic heterocycles. The number of aryl methyl sites for hydroxylation is 1. The van der Waals surface area contributed by atoms with Crippen molar-refractivity contribution in [1.29, 1.82) is 0 Å². The van der Waals surface area contributed by atoms with Gasteiger partial charge in [0, 0.05) is 36.6 Å². The molecule has 2 aliphatic rings. The van der Waals surface area contributed by atoms with Gasteiger partial charge in [-0.05, 0) is 98.1 Å². The molecular weight excluding hydrogens is 535 g/mol. The average Bonchev–Trinajstić information content (AvgIpc) is 3.11. The summed E-state index contributed by atoms with van der Waals surface area (Å²) in [4.78, 5) is 18.2. The minimum absolute atomic E-state index is 0. The van der Waals surface area contributed by atoms with Gasteiger partial charge in [0.25, 0.3) is 0 Å². The standard InChI is InChI=1S/C32H37ClN2O.2ClH/c33-31-13-8-27(9-14-31)22-34-19-16-25(17-20-34)10-15-32(36)29-12-11-28-7-4-18-35(24-30(28)21-29)23-26-5-2-1-3-6-26;;/h1-3,5-6,8-9,11-14,21,25H,4,7,10,15-20,22-24H2;2*1H. The van der Waals surface area contributed by atoms with Crippen LogP contribution >= 0.6 is 36.4 Å². The van der Waals surface area contributed by atoms with E-state index in [2.05, 4.69) is 70.5 Å². The summed E-state index contributed by atoms with van der Waals surface area (Å²) < 4.78 is 0. The number of Topliss-reactive ketones (excluding diaryl/α,β-unsaturated/α-hetero) is 1. The van der Waals surface area contributed by atoms with E-state index >= 15 is 0 Å². The third kappa shape index (κ3) is 8.56. The minimum atomic E-state index is 0. The molecule has 3 nitrogen and oxygen atoms in total. The van der Waals surface area contributed by atoms with E-state index in [4.69, 9.17) is 11.6 Å². The summed E-state index contributed by atoms with van der Waals surface area (Å²) in [7, 11) is 0. The third-order valence-corrected chi connectivity index (χ3v) is 8.15. The summed E-state index contributed by atoms with van der Waals surface area (Å²) in [5.74, 6) is 0.956. The van der Waals surface area contributed by atoms with Gasteiger partial charge < -0.3 is 0 Å². The molecule has 5 rings (SSSR count). The highest BCUT2D eigenvalue weighted by molar-refractivity contribution is 6.30. The number of nitrogens with zero attached hydrogens (tertiary/aromatic N) is 2. The summed E-state index contributed by atoms with van der Waals surface area (Å²) >= 11 is 6.01. The number of halogens is 3. The highest BCUT2D eigenvalue weighted by Gasteiger charge is 2.21. The van der Waals surface area contributed by atoms with E-state index in [0.29, 0.717) is 18.1 Å². The predicted octanol–water partition coefficient (Wildman–Crippen LogP) is 8.01. The molecule has 0 aliphatic carbocycles. The lowest BCUT2D eigenvalue weighted by Crippen LogP contribution is -2.33. The van der Waals surface area contributed by atoms with Crippen molar-refractivity contribution in [3.8, 4) is 0 Å². The molecule has 0 radical (unpaired) electrons. The molecule has 0 amide bonds. The summed E-state index contributed by atoms with van der Waals surface area (Å²) in [5.41, 5.74) is 6.32. The fraction of sp³-hybridized carbons (Fsp3) is 0.406. The summed E-state index contributed by atoms with van der Waals surface area (Å²) in [6, 6.07) is 25.4. The van der Waals surface area contributed by atoms with E-state index in [1.54, 1.807) is 0 Å². The van der Waals surface area contributed by atoms with E-state index in [-0.39, 0.29) is 24.8 Å². The van der Waals surface area contributed by atoms with Crippen molar-refractivity contribution < 1.29 is 4.79 Å². The Hall–Kier alpha value is -1.88. The first-order valence-electron chi connectivity index (χ1n) is 13.5. The molecule has 0 spiro atoms. The van der Waals surface area contributed by atoms with Crippen LogP contribution in [-0.4, -0.2) is 35.2 Å². The Kier molecular flexibility index (Phi) is 12.1. The van der Waals surface area contributed by atoms with Crippen molar-refractivity contribution >= 4 is 42.2 Å². The molecule has 0 saturated carbocycles. The molecule has 3 aromatic carbocycles. The molecule has 204 valence electrons. The number of hydrogen-bond donors (Lipinski definition) is 0. The Morgan fingerprint density at radius 1 is 0.789 bits per heavy atom. The number of carbonyl (C=O) groups is 1. The van der Waals surface area contributed by atoms with E-state index in [9.17, 15) is 4.79 Å². The van der Waals surface area contributed by atoms with Crippen molar-refractivity contribution in [3.63, 3.8) is 0 Å². The minimum Gasteiger partial charge on any atom is -0.299 e. The van der Waals surface area contributed by atoms with Crippen molar-refractivity contribution in [2.24, 2.45) is 5.92 Å². The zero-order valence-corrected chi connectivity index (χ0v) is 24.4. The molecular formula is C32H39Cl3N2O. The van der Waals surface area contributed by atoms with E-state index < -0.39 is 0 Å². The SMILES string of the molecule is Cl.Cl.O=C(CCC1CCN(Cc2ccc(Cl)cc2)CC1)c1ccc2c(c1)CN(Cc1ccccc1)CCC2. The van der Waals surface area contributed by atoms with Crippen molar-refractivity contribution in [1.82, 2.24) is 9.80 Å². The molecule has 0 bridgehead atoms. The topological polar surface area (TPSA) is 23.6 Å². The van der Waals surface area contributed by atoms with Gasteiger partial charge in [-0.3, -0.25) is 14.6 Å². The third-order valence-electron chi connectivity index (χ3n) is 7.90. The number of carbonyl (C=O) groups excluding carboxylic acids is 1. The van der Waals surface area contributed by atoms with Gasteiger partial charge in [-0.25, -0.2) is 0 Å². The second-order valence-electron chi connectivity index (χ2n) is 10.6. The first-order chi connectivity index (χ1) is 17.6. The lowest BCUT2D eigenvalue weighted by Gasteiger charge is -2.32. The zero-order valence-electron chi connectivity index (χ0n) is 22.0. The number of benzene rings is 3. The average molecular weight is 574 g/mol. The molecule has 3 aromatic rings. The number of ketones is 1. The Morgan fingerprint density at radius 2 is 1.47 bits per heavy atom. The molecule has 38 heavy (non-hydrogen) atoms. The normalized spacial score (nSPS) is 16.6. The molecule has 2 heterocycles. The Bertz CT molecular complexity index is 1150.